The molecule has 6 aliphatic rings. The van der Waals surface area contributed by atoms with Crippen LogP contribution in [0.2, 0.25) is 0 Å². The largest absolute Gasteiger partial charge is 0.464 e. The third kappa shape index (κ3) is 6.68. The predicted octanol–water partition coefficient (Wildman–Crippen LogP) is 7.80. The van der Waals surface area contributed by atoms with Crippen molar-refractivity contribution >= 4 is 46.2 Å². The van der Waals surface area contributed by atoms with Crippen LogP contribution in [0.15, 0.2) is 55.0 Å². The van der Waals surface area contributed by atoms with Crippen LogP contribution in [0.1, 0.15) is 105 Å². The van der Waals surface area contributed by atoms with Crippen LogP contribution in [0.25, 0.3) is 44.7 Å². The van der Waals surface area contributed by atoms with E-state index in [1.807, 2.05) is 41.1 Å². The molecule has 4 atom stereocenters. The molecule has 6 aromatic rings. The molecular formula is C48H48F2N10O7S. The number of alkyl carbamates (subject to hydrolysis) is 2. The second-order valence-electron chi connectivity index (χ2n) is 19.5. The Kier molecular flexibility index (Phi) is 9.43. The lowest BCUT2D eigenvalue weighted by Gasteiger charge is -2.37. The van der Waals surface area contributed by atoms with E-state index in [0.29, 0.717) is 70.9 Å². The Morgan fingerprint density at radius 1 is 0.941 bits per heavy atom. The number of carbonyl (C=O) groups excluding carboxylic acids is 4. The van der Waals surface area contributed by atoms with Gasteiger partial charge in [-0.25, -0.2) is 33.3 Å². The lowest BCUT2D eigenvalue weighted by molar-refractivity contribution is -0.141. The van der Waals surface area contributed by atoms with Crippen molar-refractivity contribution in [3.63, 3.8) is 0 Å². The van der Waals surface area contributed by atoms with Gasteiger partial charge in [0.25, 0.3) is 0 Å². The van der Waals surface area contributed by atoms with Crippen LogP contribution in [0.4, 0.5) is 18.4 Å². The zero-order valence-corrected chi connectivity index (χ0v) is 38.5. The van der Waals surface area contributed by atoms with Crippen molar-refractivity contribution in [1.29, 1.82) is 0 Å². The summed E-state index contributed by atoms with van der Waals surface area (Å²) in [6, 6.07) is 8.98. The number of ether oxygens (including phenoxy) is 3. The van der Waals surface area contributed by atoms with Gasteiger partial charge in [0, 0.05) is 40.6 Å². The van der Waals surface area contributed by atoms with Crippen LogP contribution in [0.5, 0.6) is 5.75 Å². The summed E-state index contributed by atoms with van der Waals surface area (Å²) in [5, 5.41) is 6.77. The number of amides is 4. The number of methoxy groups -OCH3 is 2. The standard InChI is InChI=1S/C48H48F2N10O7S/c1-46(2,50)38(57-45(64)66-4)42(62)60-33(16-47-21-48(47,60)22-47)40-52-17-28(55-40)24-9-10-30-26(12-24)14-32-37-27(49)13-25(15-34(37)67-43(59(30)32)35-19-53-41(68-35)23-7-8-23)29-18-51-39(56-29)31-6-5-11-58(31)36(61)20-54-44(63)65-3/h9-10,12-15,17-19,23,31,33,38,43H,5-8,11,16,20-22H2,1-4H3,(H,51,56)(H,52,55)(H,54,63)(H,57,64)/t31-,33-,38?,43?,47?,48?/m0/s1. The number of halogens is 2. The van der Waals surface area contributed by atoms with E-state index in [9.17, 15) is 19.2 Å². The normalized spacial score (nSPS) is 24.6. The fourth-order valence-corrected chi connectivity index (χ4v) is 12.2. The van der Waals surface area contributed by atoms with E-state index >= 15 is 8.78 Å². The number of fused-ring (bicyclic) bond motifs is 5. The monoisotopic (exact) mass is 946 g/mol. The molecule has 7 heterocycles. The van der Waals surface area contributed by atoms with Crippen molar-refractivity contribution in [2.45, 2.75) is 100 Å². The minimum atomic E-state index is -2.06. The van der Waals surface area contributed by atoms with Crippen LogP contribution in [-0.2, 0) is 19.1 Å². The Morgan fingerprint density at radius 2 is 1.68 bits per heavy atom. The summed E-state index contributed by atoms with van der Waals surface area (Å²) in [5.41, 5.74) is 1.93. The highest BCUT2D eigenvalue weighted by molar-refractivity contribution is 7.11. The van der Waals surface area contributed by atoms with Crippen LogP contribution < -0.4 is 15.4 Å². The van der Waals surface area contributed by atoms with E-state index in [4.69, 9.17) is 19.4 Å². The van der Waals surface area contributed by atoms with Crippen molar-refractivity contribution in [1.82, 2.24) is 49.9 Å². The number of hydrogen-bond donors (Lipinski definition) is 4. The molecule has 5 fully saturated rings. The molecule has 0 spiro atoms. The average molecular weight is 947 g/mol. The fourth-order valence-electron chi connectivity index (χ4n) is 11.1. The van der Waals surface area contributed by atoms with Gasteiger partial charge in [-0.15, -0.1) is 11.3 Å². The molecule has 4 aromatic heterocycles. The van der Waals surface area contributed by atoms with Crippen LogP contribution in [0.3, 0.4) is 0 Å². The third-order valence-corrected chi connectivity index (χ3v) is 16.1. The van der Waals surface area contributed by atoms with Crippen molar-refractivity contribution < 1.29 is 42.2 Å². The van der Waals surface area contributed by atoms with Gasteiger partial charge in [-0.05, 0) is 89.1 Å². The first-order valence-electron chi connectivity index (χ1n) is 22.9. The number of imidazole rings is 2. The molecule has 3 aliphatic carbocycles. The SMILES string of the molecule is COC(=O)NCC(=O)N1CCC[C@H]1c1ncc(-c2cc(F)c3c(c2)OC(c2cnc(C4CC4)s2)n2c-3cc3cc(-c4cnc([C@@H]5CC67CC6(C7)N5C(=O)C(NC(=O)OC)C(C)(C)F)[nH]4)ccc32)[nH]1. The number of carbonyl (C=O) groups is 4. The highest BCUT2D eigenvalue weighted by Gasteiger charge is 2.91. The molecule has 68 heavy (non-hydrogen) atoms. The summed E-state index contributed by atoms with van der Waals surface area (Å²) in [4.78, 5) is 76.4. The summed E-state index contributed by atoms with van der Waals surface area (Å²) in [5.74, 6) is 0.663. The molecule has 3 aliphatic heterocycles. The second-order valence-corrected chi connectivity index (χ2v) is 20.6. The molecule has 2 aromatic carbocycles. The minimum Gasteiger partial charge on any atom is -0.464 e. The lowest BCUT2D eigenvalue weighted by atomic mass is 9.95. The summed E-state index contributed by atoms with van der Waals surface area (Å²) in [7, 11) is 2.41. The van der Waals surface area contributed by atoms with Gasteiger partial charge in [0.1, 0.15) is 41.5 Å². The molecule has 2 unspecified atom stereocenters. The Bertz CT molecular complexity index is 3090. The number of thiazole rings is 1. The molecule has 2 saturated heterocycles. The first kappa shape index (κ1) is 42.5. The third-order valence-electron chi connectivity index (χ3n) is 14.9. The van der Waals surface area contributed by atoms with Crippen LogP contribution in [0, 0.1) is 11.2 Å². The number of nitrogens with zero attached hydrogens (tertiary/aromatic N) is 6. The summed E-state index contributed by atoms with van der Waals surface area (Å²) in [6.45, 7) is 2.84. The fraction of sp³-hybridized carbons (Fsp3) is 0.438. The van der Waals surface area contributed by atoms with Gasteiger partial charge >= 0.3 is 12.2 Å². The number of alkyl halides is 1. The van der Waals surface area contributed by atoms with Gasteiger partial charge in [0.05, 0.1) is 82.3 Å². The van der Waals surface area contributed by atoms with Crippen LogP contribution in [-0.4, -0.2) is 108 Å². The zero-order valence-electron chi connectivity index (χ0n) is 37.7. The summed E-state index contributed by atoms with van der Waals surface area (Å²) >= 11 is 1.60. The Hall–Kier alpha value is -6.83. The molecule has 20 heteroatoms. The number of rotatable bonds is 11. The van der Waals surface area contributed by atoms with E-state index in [1.165, 1.54) is 34.1 Å². The topological polar surface area (TPSA) is 202 Å². The molecule has 12 rings (SSSR count). The molecule has 4 amide bonds. The Balaban J connectivity index is 0.865. The number of nitrogens with one attached hydrogen (secondary N) is 4. The van der Waals surface area contributed by atoms with Gasteiger partial charge in [-0.2, -0.15) is 0 Å². The second kappa shape index (κ2) is 15.1. The molecule has 352 valence electrons. The molecule has 4 N–H and O–H groups in total. The Labute approximate surface area is 392 Å². The maximum atomic E-state index is 16.8. The number of likely N-dealkylation sites (tertiary alicyclic amines) is 2. The lowest BCUT2D eigenvalue weighted by Crippen LogP contribution is -2.58. The predicted molar refractivity (Wildman–Crippen MR) is 243 cm³/mol. The zero-order chi connectivity index (χ0) is 47.0. The van der Waals surface area contributed by atoms with E-state index in [1.54, 1.807) is 33.5 Å². The van der Waals surface area contributed by atoms with Crippen molar-refractivity contribution in [2.75, 3.05) is 27.3 Å². The number of benzene rings is 2. The number of aromatic nitrogens is 6. The van der Waals surface area contributed by atoms with Crippen LogP contribution >= 0.6 is 11.3 Å². The number of hydrogen-bond acceptors (Lipinski definition) is 11. The molecule has 17 nitrogen and oxygen atoms in total. The highest BCUT2D eigenvalue weighted by atomic mass is 32.1. The molecule has 3 saturated carbocycles. The van der Waals surface area contributed by atoms with Gasteiger partial charge in [-0.3, -0.25) is 14.2 Å². The molecule has 0 radical (unpaired) electrons. The quantitative estimate of drug-likeness (QED) is 0.0993. The van der Waals surface area contributed by atoms with Gasteiger partial charge < -0.3 is 44.6 Å². The van der Waals surface area contributed by atoms with Crippen molar-refractivity contribution in [3.05, 3.63) is 82.3 Å². The van der Waals surface area contributed by atoms with E-state index < -0.39 is 47.9 Å². The minimum absolute atomic E-state index is 0.0175. The summed E-state index contributed by atoms with van der Waals surface area (Å²) in [6.07, 6.45) is 8.98. The van der Waals surface area contributed by atoms with Gasteiger partial charge in [0.15, 0.2) is 0 Å². The molecular weight excluding hydrogens is 899 g/mol. The number of aromatic amines is 2. The first-order chi connectivity index (χ1) is 32.7. The first-order valence-corrected chi connectivity index (χ1v) is 23.7. The highest BCUT2D eigenvalue weighted by Crippen LogP contribution is 2.89. The van der Waals surface area contributed by atoms with Crippen molar-refractivity contribution in [3.8, 4) is 39.5 Å². The van der Waals surface area contributed by atoms with Gasteiger partial charge in [-0.1, -0.05) is 6.07 Å². The van der Waals surface area contributed by atoms with E-state index in [-0.39, 0.29) is 29.4 Å². The van der Waals surface area contributed by atoms with Crippen molar-refractivity contribution in [2.24, 2.45) is 5.41 Å². The average Bonchev–Trinajstić information content (AvgIpc) is 3.89. The Morgan fingerprint density at radius 3 is 2.40 bits per heavy atom. The number of H-pyrrole nitrogens is 2. The van der Waals surface area contributed by atoms with E-state index in [2.05, 4.69) is 30.3 Å². The maximum absolute atomic E-state index is 16.8. The molecule has 0 bridgehead atoms. The smallest absolute Gasteiger partial charge is 0.407 e. The number of piperidine rings is 2. The summed E-state index contributed by atoms with van der Waals surface area (Å²) < 4.78 is 50.6. The van der Waals surface area contributed by atoms with E-state index in [0.717, 1.165) is 58.5 Å². The van der Waals surface area contributed by atoms with Gasteiger partial charge in [0.2, 0.25) is 18.0 Å². The maximum Gasteiger partial charge on any atom is 0.407 e.